The second kappa shape index (κ2) is 5.10. The first-order chi connectivity index (χ1) is 9.00. The molecule has 102 valence electrons. The van der Waals surface area contributed by atoms with E-state index < -0.39 is 23.3 Å². The molecule has 3 nitrogen and oxygen atoms in total. The lowest BCUT2D eigenvalue weighted by Gasteiger charge is -2.25. The van der Waals surface area contributed by atoms with Crippen LogP contribution in [0.25, 0.3) is 0 Å². The second-order valence-electron chi connectivity index (χ2n) is 4.99. The molecule has 1 N–H and O–H groups in total. The van der Waals surface area contributed by atoms with Crippen molar-refractivity contribution < 1.29 is 18.7 Å². The molecule has 0 heterocycles. The van der Waals surface area contributed by atoms with Crippen LogP contribution in [-0.4, -0.2) is 11.2 Å². The van der Waals surface area contributed by atoms with Crippen LogP contribution in [0, 0.1) is 6.92 Å². The molecule has 1 aromatic carbocycles. The van der Waals surface area contributed by atoms with Crippen molar-refractivity contribution >= 4 is 6.08 Å². The molecule has 0 radical (unpaired) electrons. The van der Waals surface area contributed by atoms with Crippen LogP contribution < -0.4 is 0 Å². The minimum Gasteiger partial charge on any atom is -0.507 e. The van der Waals surface area contributed by atoms with Crippen LogP contribution >= 0.6 is 0 Å². The molecule has 2 rings (SSSR count). The van der Waals surface area contributed by atoms with Crippen molar-refractivity contribution in [3.8, 4) is 5.75 Å². The lowest BCUT2D eigenvalue weighted by atomic mass is 9.86. The number of phenolic OH excluding ortho intramolecular Hbond substituents is 1. The van der Waals surface area contributed by atoms with E-state index in [2.05, 4.69) is 4.99 Å². The van der Waals surface area contributed by atoms with Crippen LogP contribution in [0.5, 0.6) is 5.75 Å². The molecule has 0 atom stereocenters. The fourth-order valence-electron chi connectivity index (χ4n) is 2.82. The van der Waals surface area contributed by atoms with Gasteiger partial charge in [0.1, 0.15) is 11.3 Å². The maximum absolute atomic E-state index is 12.9. The van der Waals surface area contributed by atoms with Crippen molar-refractivity contribution in [3.05, 3.63) is 28.8 Å². The summed E-state index contributed by atoms with van der Waals surface area (Å²) in [6, 6.07) is 2.89. The number of hydrogen-bond donors (Lipinski definition) is 1. The van der Waals surface area contributed by atoms with E-state index in [1.165, 1.54) is 12.1 Å². The number of aliphatic imine (C=N–C) groups is 1. The Hall–Kier alpha value is -1.74. The van der Waals surface area contributed by atoms with Gasteiger partial charge in [0.15, 0.2) is 0 Å². The number of benzene rings is 1. The molecule has 1 aliphatic carbocycles. The molecule has 1 fully saturated rings. The molecule has 0 saturated heterocycles. The van der Waals surface area contributed by atoms with Crippen LogP contribution in [0.3, 0.4) is 0 Å². The van der Waals surface area contributed by atoms with E-state index in [9.17, 15) is 18.7 Å². The third-order valence-corrected chi connectivity index (χ3v) is 3.71. The highest BCUT2D eigenvalue weighted by Crippen LogP contribution is 2.47. The van der Waals surface area contributed by atoms with E-state index in [0.717, 1.165) is 12.8 Å². The van der Waals surface area contributed by atoms with E-state index in [1.807, 2.05) is 0 Å². The third kappa shape index (κ3) is 2.38. The number of halogens is 2. The molecule has 0 aliphatic heterocycles. The van der Waals surface area contributed by atoms with E-state index in [0.29, 0.717) is 24.0 Å². The van der Waals surface area contributed by atoms with Gasteiger partial charge in [-0.1, -0.05) is 18.4 Å². The Labute approximate surface area is 110 Å². The number of rotatable bonds is 3. The summed E-state index contributed by atoms with van der Waals surface area (Å²) < 4.78 is 25.8. The average Bonchev–Trinajstić information content (AvgIpc) is 2.81. The standard InChI is InChI=1S/C14H15F2NO2/c1-9-6-10(13(15)16)12(19)11(7-9)14(17-8-18)4-2-3-5-14/h6-7,13,19H,2-5H2,1H3. The fraction of sp³-hybridized carbons (Fsp3) is 0.500. The van der Waals surface area contributed by atoms with Crippen molar-refractivity contribution in [2.75, 3.05) is 0 Å². The maximum atomic E-state index is 12.9. The number of aromatic hydroxyl groups is 1. The predicted molar refractivity (Wildman–Crippen MR) is 66.1 cm³/mol. The molecule has 0 amide bonds. The number of aryl methyl sites for hydroxylation is 1. The quantitative estimate of drug-likeness (QED) is 0.670. The van der Waals surface area contributed by atoms with Crippen LogP contribution in [0.4, 0.5) is 8.78 Å². The summed E-state index contributed by atoms with van der Waals surface area (Å²) in [5, 5.41) is 10.1. The van der Waals surface area contributed by atoms with E-state index >= 15 is 0 Å². The normalized spacial score (nSPS) is 17.5. The predicted octanol–water partition coefficient (Wildman–Crippen LogP) is 3.74. The first kappa shape index (κ1) is 13.7. The van der Waals surface area contributed by atoms with Crippen molar-refractivity contribution in [2.24, 2.45) is 4.99 Å². The van der Waals surface area contributed by atoms with Gasteiger partial charge < -0.3 is 5.11 Å². The minimum absolute atomic E-state index is 0.323. The zero-order valence-electron chi connectivity index (χ0n) is 10.6. The molecule has 1 aliphatic rings. The number of phenols is 1. The zero-order valence-corrected chi connectivity index (χ0v) is 10.6. The van der Waals surface area contributed by atoms with Gasteiger partial charge >= 0.3 is 0 Å². The summed E-state index contributed by atoms with van der Waals surface area (Å²) in [5.74, 6) is -0.443. The Morgan fingerprint density at radius 1 is 1.37 bits per heavy atom. The second-order valence-corrected chi connectivity index (χ2v) is 4.99. The van der Waals surface area contributed by atoms with Crippen LogP contribution in [0.1, 0.15) is 48.8 Å². The van der Waals surface area contributed by atoms with Gasteiger partial charge in [-0.2, -0.15) is 4.99 Å². The topological polar surface area (TPSA) is 49.7 Å². The van der Waals surface area contributed by atoms with Crippen LogP contribution in [0.15, 0.2) is 17.1 Å². The largest absolute Gasteiger partial charge is 0.507 e. The molecule has 0 aromatic heterocycles. The molecule has 0 spiro atoms. The Bertz CT molecular complexity index is 530. The van der Waals surface area contributed by atoms with Crippen molar-refractivity contribution in [1.82, 2.24) is 0 Å². The highest BCUT2D eigenvalue weighted by atomic mass is 19.3. The fourth-order valence-corrected chi connectivity index (χ4v) is 2.82. The van der Waals surface area contributed by atoms with Gasteiger partial charge in [-0.3, -0.25) is 0 Å². The van der Waals surface area contributed by atoms with E-state index in [4.69, 9.17) is 0 Å². The maximum Gasteiger partial charge on any atom is 0.267 e. The summed E-state index contributed by atoms with van der Waals surface area (Å²) in [6.45, 7) is 1.68. The molecule has 5 heteroatoms. The van der Waals surface area contributed by atoms with Crippen molar-refractivity contribution in [3.63, 3.8) is 0 Å². The van der Waals surface area contributed by atoms with Crippen molar-refractivity contribution in [2.45, 2.75) is 44.6 Å². The molecular weight excluding hydrogens is 252 g/mol. The van der Waals surface area contributed by atoms with Crippen LogP contribution in [0.2, 0.25) is 0 Å². The van der Waals surface area contributed by atoms with E-state index in [-0.39, 0.29) is 0 Å². The molecule has 0 unspecified atom stereocenters. The monoisotopic (exact) mass is 267 g/mol. The Balaban J connectivity index is 2.63. The first-order valence-corrected chi connectivity index (χ1v) is 6.21. The lowest BCUT2D eigenvalue weighted by Crippen LogP contribution is -2.20. The van der Waals surface area contributed by atoms with Gasteiger partial charge in [-0.15, -0.1) is 0 Å². The number of nitrogens with zero attached hydrogens (tertiary/aromatic N) is 1. The van der Waals surface area contributed by atoms with Gasteiger partial charge in [-0.05, 0) is 31.9 Å². The molecule has 0 bridgehead atoms. The van der Waals surface area contributed by atoms with Crippen molar-refractivity contribution in [1.29, 1.82) is 0 Å². The summed E-state index contributed by atoms with van der Waals surface area (Å²) in [7, 11) is 0. The number of alkyl halides is 2. The minimum atomic E-state index is -2.75. The summed E-state index contributed by atoms with van der Waals surface area (Å²) in [6.07, 6.45) is 1.61. The Morgan fingerprint density at radius 2 is 2.00 bits per heavy atom. The van der Waals surface area contributed by atoms with Gasteiger partial charge in [-0.25, -0.2) is 13.6 Å². The molecular formula is C14H15F2NO2. The highest BCUT2D eigenvalue weighted by Gasteiger charge is 2.39. The number of isocyanates is 1. The van der Waals surface area contributed by atoms with E-state index in [1.54, 1.807) is 13.0 Å². The van der Waals surface area contributed by atoms with Gasteiger partial charge in [0.25, 0.3) is 6.43 Å². The summed E-state index contributed by atoms with van der Waals surface area (Å²) in [5.41, 5.74) is -0.344. The zero-order chi connectivity index (χ0) is 14.0. The number of carbonyl (C=O) groups excluding carboxylic acids is 1. The lowest BCUT2D eigenvalue weighted by molar-refractivity contribution is 0.147. The Morgan fingerprint density at radius 3 is 2.53 bits per heavy atom. The average molecular weight is 267 g/mol. The first-order valence-electron chi connectivity index (χ1n) is 6.21. The summed E-state index contributed by atoms with van der Waals surface area (Å²) >= 11 is 0. The highest BCUT2D eigenvalue weighted by molar-refractivity contribution is 5.50. The molecule has 19 heavy (non-hydrogen) atoms. The SMILES string of the molecule is Cc1cc(C(F)F)c(O)c(C2(N=C=O)CCCC2)c1. The third-order valence-electron chi connectivity index (χ3n) is 3.71. The van der Waals surface area contributed by atoms with Gasteiger partial charge in [0, 0.05) is 5.56 Å². The Kier molecular flexibility index (Phi) is 3.67. The summed E-state index contributed by atoms with van der Waals surface area (Å²) in [4.78, 5) is 14.5. The van der Waals surface area contributed by atoms with Gasteiger partial charge in [0.2, 0.25) is 6.08 Å². The van der Waals surface area contributed by atoms with Gasteiger partial charge in [0.05, 0.1) is 5.56 Å². The van der Waals surface area contributed by atoms with Crippen LogP contribution in [-0.2, 0) is 10.3 Å². The molecule has 1 saturated carbocycles. The smallest absolute Gasteiger partial charge is 0.267 e. The number of hydrogen-bond acceptors (Lipinski definition) is 3. The molecule has 1 aromatic rings.